The molecule has 7 nitrogen and oxygen atoms in total. The Balaban J connectivity index is 1.90. The van der Waals surface area contributed by atoms with E-state index in [4.69, 9.17) is 9.84 Å². The molecule has 2 saturated heterocycles. The number of carboxylic acid groups (broad SMARTS) is 1. The van der Waals surface area contributed by atoms with Crippen LogP contribution in [0.2, 0.25) is 0 Å². The van der Waals surface area contributed by atoms with Crippen LogP contribution in [0.15, 0.2) is 0 Å². The fraction of sp³-hybridized carbons (Fsp3) is 0.700. The van der Waals surface area contributed by atoms with Crippen molar-refractivity contribution in [2.75, 3.05) is 13.2 Å². The Morgan fingerprint density at radius 3 is 2.76 bits per heavy atom. The lowest BCUT2D eigenvalue weighted by Crippen LogP contribution is -2.49. The Morgan fingerprint density at radius 1 is 1.41 bits per heavy atom. The van der Waals surface area contributed by atoms with Crippen molar-refractivity contribution in [1.82, 2.24) is 10.6 Å². The van der Waals surface area contributed by atoms with E-state index < -0.39 is 24.0 Å². The molecule has 0 bridgehead atoms. The first kappa shape index (κ1) is 11.8. The highest BCUT2D eigenvalue weighted by molar-refractivity contribution is 5.91. The van der Waals surface area contributed by atoms with E-state index in [9.17, 15) is 14.4 Å². The summed E-state index contributed by atoms with van der Waals surface area (Å²) in [7, 11) is 0. The van der Waals surface area contributed by atoms with Gasteiger partial charge < -0.3 is 20.5 Å². The van der Waals surface area contributed by atoms with Gasteiger partial charge >= 0.3 is 5.97 Å². The van der Waals surface area contributed by atoms with Crippen molar-refractivity contribution < 1.29 is 24.2 Å². The third kappa shape index (κ3) is 2.55. The standard InChI is InChI=1S/C10H14N2O5/c13-8-2-1-6(11-8)9(14)12-7-4-17-3-5(7)10(15)16/h5-7H,1-4H2,(H,11,13)(H,12,14)(H,15,16). The molecule has 3 unspecified atom stereocenters. The number of rotatable bonds is 3. The van der Waals surface area contributed by atoms with Gasteiger partial charge in [0.2, 0.25) is 11.8 Å². The molecule has 0 aromatic heterocycles. The maximum absolute atomic E-state index is 11.7. The number of carboxylic acids is 1. The number of carbonyl (C=O) groups excluding carboxylic acids is 2. The quantitative estimate of drug-likeness (QED) is 0.557. The Labute approximate surface area is 97.5 Å². The molecule has 2 amide bonds. The van der Waals surface area contributed by atoms with E-state index in [1.807, 2.05) is 0 Å². The summed E-state index contributed by atoms with van der Waals surface area (Å²) in [6.45, 7) is 0.306. The van der Waals surface area contributed by atoms with Crippen LogP contribution in [0.4, 0.5) is 0 Å². The van der Waals surface area contributed by atoms with Crippen molar-refractivity contribution in [3.8, 4) is 0 Å². The molecule has 7 heteroatoms. The summed E-state index contributed by atoms with van der Waals surface area (Å²) in [5, 5.41) is 14.0. The average molecular weight is 242 g/mol. The predicted octanol–water partition coefficient (Wildman–Crippen LogP) is -1.52. The van der Waals surface area contributed by atoms with E-state index in [1.165, 1.54) is 0 Å². The van der Waals surface area contributed by atoms with Gasteiger partial charge in [-0.15, -0.1) is 0 Å². The molecular weight excluding hydrogens is 228 g/mol. The van der Waals surface area contributed by atoms with Crippen molar-refractivity contribution in [2.24, 2.45) is 5.92 Å². The van der Waals surface area contributed by atoms with Gasteiger partial charge in [-0.25, -0.2) is 0 Å². The highest BCUT2D eigenvalue weighted by Crippen LogP contribution is 2.15. The minimum Gasteiger partial charge on any atom is -0.481 e. The minimum atomic E-state index is -0.983. The second-order valence-electron chi connectivity index (χ2n) is 4.26. The molecule has 0 radical (unpaired) electrons. The topological polar surface area (TPSA) is 105 Å². The number of nitrogens with one attached hydrogen (secondary N) is 2. The summed E-state index contributed by atoms with van der Waals surface area (Å²) in [5.74, 6) is -2.18. The highest BCUT2D eigenvalue weighted by Gasteiger charge is 2.37. The van der Waals surface area contributed by atoms with Crippen LogP contribution in [0.5, 0.6) is 0 Å². The largest absolute Gasteiger partial charge is 0.481 e. The zero-order valence-electron chi connectivity index (χ0n) is 9.14. The van der Waals surface area contributed by atoms with E-state index in [-0.39, 0.29) is 25.0 Å². The van der Waals surface area contributed by atoms with E-state index in [2.05, 4.69) is 10.6 Å². The van der Waals surface area contributed by atoms with Crippen LogP contribution in [0.1, 0.15) is 12.8 Å². The maximum Gasteiger partial charge on any atom is 0.311 e. The van der Waals surface area contributed by atoms with Gasteiger partial charge in [-0.1, -0.05) is 0 Å². The number of hydrogen-bond donors (Lipinski definition) is 3. The monoisotopic (exact) mass is 242 g/mol. The Hall–Kier alpha value is -1.63. The molecule has 2 aliphatic heterocycles. The van der Waals surface area contributed by atoms with Crippen LogP contribution in [0, 0.1) is 5.92 Å². The summed E-state index contributed by atoms with van der Waals surface area (Å²) in [5.41, 5.74) is 0. The van der Waals surface area contributed by atoms with Crippen LogP contribution in [-0.4, -0.2) is 48.2 Å². The van der Waals surface area contributed by atoms with Gasteiger partial charge in [0.1, 0.15) is 12.0 Å². The maximum atomic E-state index is 11.7. The number of hydrogen-bond acceptors (Lipinski definition) is 4. The van der Waals surface area contributed by atoms with Crippen LogP contribution >= 0.6 is 0 Å². The molecular formula is C10H14N2O5. The van der Waals surface area contributed by atoms with Gasteiger partial charge in [0.15, 0.2) is 0 Å². The fourth-order valence-corrected chi connectivity index (χ4v) is 2.03. The molecule has 94 valence electrons. The fourth-order valence-electron chi connectivity index (χ4n) is 2.03. The third-order valence-electron chi connectivity index (χ3n) is 3.04. The van der Waals surface area contributed by atoms with Crippen molar-refractivity contribution in [3.05, 3.63) is 0 Å². The molecule has 17 heavy (non-hydrogen) atoms. The zero-order valence-corrected chi connectivity index (χ0v) is 9.14. The summed E-state index contributed by atoms with van der Waals surface area (Å²) >= 11 is 0. The molecule has 3 N–H and O–H groups in total. The summed E-state index contributed by atoms with van der Waals surface area (Å²) < 4.78 is 5.03. The van der Waals surface area contributed by atoms with Crippen molar-refractivity contribution in [3.63, 3.8) is 0 Å². The number of amides is 2. The van der Waals surface area contributed by atoms with E-state index in [0.717, 1.165) is 0 Å². The summed E-state index contributed by atoms with van der Waals surface area (Å²) in [6.07, 6.45) is 0.789. The number of aliphatic carboxylic acids is 1. The van der Waals surface area contributed by atoms with Crippen LogP contribution in [0.3, 0.4) is 0 Å². The molecule has 3 atom stereocenters. The normalized spacial score (nSPS) is 32.2. The second kappa shape index (κ2) is 4.70. The first-order valence-corrected chi connectivity index (χ1v) is 5.48. The molecule has 2 aliphatic rings. The molecule has 2 fully saturated rings. The van der Waals surface area contributed by atoms with Crippen molar-refractivity contribution in [2.45, 2.75) is 24.9 Å². The lowest BCUT2D eigenvalue weighted by atomic mass is 10.0. The van der Waals surface area contributed by atoms with Crippen molar-refractivity contribution in [1.29, 1.82) is 0 Å². The van der Waals surface area contributed by atoms with Gasteiger partial charge in [0, 0.05) is 6.42 Å². The van der Waals surface area contributed by atoms with Crippen molar-refractivity contribution >= 4 is 17.8 Å². The van der Waals surface area contributed by atoms with Crippen LogP contribution in [0.25, 0.3) is 0 Å². The lowest BCUT2D eigenvalue weighted by molar-refractivity contribution is -0.142. The van der Waals surface area contributed by atoms with Gasteiger partial charge in [-0.2, -0.15) is 0 Å². The molecule has 0 spiro atoms. The smallest absolute Gasteiger partial charge is 0.311 e. The molecule has 0 aromatic rings. The van der Waals surface area contributed by atoms with Gasteiger partial charge in [0.05, 0.1) is 19.3 Å². The SMILES string of the molecule is O=C1CCC(C(=O)NC2COCC2C(=O)O)N1. The number of ether oxygens (including phenoxy) is 1. The van der Waals surface area contributed by atoms with E-state index in [0.29, 0.717) is 12.8 Å². The lowest BCUT2D eigenvalue weighted by Gasteiger charge is -2.18. The van der Waals surface area contributed by atoms with Crippen LogP contribution < -0.4 is 10.6 Å². The van der Waals surface area contributed by atoms with E-state index in [1.54, 1.807) is 0 Å². The zero-order chi connectivity index (χ0) is 12.4. The Morgan fingerprint density at radius 2 is 2.18 bits per heavy atom. The first-order chi connectivity index (χ1) is 8.08. The first-order valence-electron chi connectivity index (χ1n) is 5.48. The molecule has 0 aromatic carbocycles. The molecule has 2 heterocycles. The second-order valence-corrected chi connectivity index (χ2v) is 4.26. The summed E-state index contributed by atoms with van der Waals surface area (Å²) in [6, 6.07) is -1.06. The van der Waals surface area contributed by atoms with Gasteiger partial charge in [-0.05, 0) is 6.42 Å². The van der Waals surface area contributed by atoms with Gasteiger partial charge in [0.25, 0.3) is 0 Å². The predicted molar refractivity (Wildman–Crippen MR) is 55.0 cm³/mol. The Bertz CT molecular complexity index is 357. The minimum absolute atomic E-state index is 0.108. The van der Waals surface area contributed by atoms with Gasteiger partial charge in [-0.3, -0.25) is 14.4 Å². The molecule has 0 saturated carbocycles. The summed E-state index contributed by atoms with van der Waals surface area (Å²) in [4.78, 5) is 33.6. The molecule has 0 aliphatic carbocycles. The molecule has 2 rings (SSSR count). The van der Waals surface area contributed by atoms with E-state index >= 15 is 0 Å². The van der Waals surface area contributed by atoms with Crippen LogP contribution in [-0.2, 0) is 19.1 Å². The third-order valence-corrected chi connectivity index (χ3v) is 3.04. The Kier molecular flexibility index (Phi) is 3.28. The number of carbonyl (C=O) groups is 3. The average Bonchev–Trinajstić information content (AvgIpc) is 2.86. The highest BCUT2D eigenvalue weighted by atomic mass is 16.5.